The monoisotopic (exact) mass is 273 g/mol. The van der Waals surface area contributed by atoms with Gasteiger partial charge in [0.1, 0.15) is 11.2 Å². The van der Waals surface area contributed by atoms with Gasteiger partial charge < -0.3 is 4.74 Å². The summed E-state index contributed by atoms with van der Waals surface area (Å²) < 4.78 is 6.57. The maximum Gasteiger partial charge on any atom is 0.131 e. The number of methoxy groups -OCH3 is 1. The van der Waals surface area contributed by atoms with Gasteiger partial charge in [0.2, 0.25) is 0 Å². The smallest absolute Gasteiger partial charge is 0.131 e. The van der Waals surface area contributed by atoms with Crippen LogP contribution in [-0.2, 0) is 5.75 Å². The lowest BCUT2D eigenvalue weighted by Gasteiger charge is -2.05. The average Bonchev–Trinajstić information content (AvgIpc) is 2.46. The fraction of sp³-hybridized carbons (Fsp3) is 0.143. The van der Waals surface area contributed by atoms with Crippen molar-refractivity contribution in [3.63, 3.8) is 0 Å². The molecule has 0 saturated carbocycles. The lowest BCUT2D eigenvalue weighted by Crippen LogP contribution is -2.17. The molecule has 0 aliphatic heterocycles. The molecule has 0 atom stereocenters. The summed E-state index contributed by atoms with van der Waals surface area (Å²) in [5.74, 6) is 1.70. The van der Waals surface area contributed by atoms with E-state index in [-0.39, 0.29) is 0 Å². The number of ether oxygens (including phenoxy) is 1. The van der Waals surface area contributed by atoms with Crippen molar-refractivity contribution < 1.29 is 4.74 Å². The topological polar surface area (TPSA) is 61.9 Å². The highest BCUT2D eigenvalue weighted by molar-refractivity contribution is 7.98. The van der Waals surface area contributed by atoms with Gasteiger partial charge in [-0.25, -0.2) is 0 Å². The van der Waals surface area contributed by atoms with Crippen molar-refractivity contribution in [3.8, 4) is 5.75 Å². The van der Waals surface area contributed by atoms with E-state index < -0.39 is 0 Å². The molecule has 0 aliphatic rings. The van der Waals surface area contributed by atoms with Crippen molar-refractivity contribution in [2.45, 2.75) is 10.6 Å². The van der Waals surface area contributed by atoms with Crippen molar-refractivity contribution in [1.82, 2.24) is 4.57 Å². The predicted molar refractivity (Wildman–Crippen MR) is 77.0 cm³/mol. The Bertz CT molecular complexity index is 619. The van der Waals surface area contributed by atoms with Crippen molar-refractivity contribution in [2.24, 2.45) is 0 Å². The van der Waals surface area contributed by atoms with Crippen LogP contribution in [0.3, 0.4) is 0 Å². The number of thioether (sulfide) groups is 1. The molecule has 4 nitrogen and oxygen atoms in total. The van der Waals surface area contributed by atoms with Crippen LogP contribution in [0.4, 0.5) is 0 Å². The summed E-state index contributed by atoms with van der Waals surface area (Å²) in [4.78, 5) is 1.03. The van der Waals surface area contributed by atoms with E-state index in [9.17, 15) is 0 Å². The lowest BCUT2D eigenvalue weighted by atomic mass is 10.2. The number of benzene rings is 1. The van der Waals surface area contributed by atoms with Gasteiger partial charge in [-0.1, -0.05) is 12.1 Å². The molecule has 2 N–H and O–H groups in total. The first-order chi connectivity index (χ1) is 9.22. The molecule has 98 valence electrons. The van der Waals surface area contributed by atoms with E-state index in [2.05, 4.69) is 0 Å². The maximum atomic E-state index is 7.73. The second kappa shape index (κ2) is 6.24. The predicted octanol–water partition coefficient (Wildman–Crippen LogP) is 2.72. The van der Waals surface area contributed by atoms with Gasteiger partial charge in [0.25, 0.3) is 0 Å². The number of aromatic nitrogens is 1. The van der Waals surface area contributed by atoms with Crippen molar-refractivity contribution in [3.05, 3.63) is 53.6 Å². The molecule has 0 unspecified atom stereocenters. The minimum Gasteiger partial charge on any atom is -0.497 e. The van der Waals surface area contributed by atoms with Crippen LogP contribution in [0, 0.1) is 10.8 Å². The molecule has 2 rings (SSSR count). The molecule has 0 radical (unpaired) electrons. The number of rotatable bonds is 5. The minimum absolute atomic E-state index is 0.315. The van der Waals surface area contributed by atoms with Gasteiger partial charge in [-0.2, -0.15) is 0 Å². The third kappa shape index (κ3) is 3.48. The molecular weight excluding hydrogens is 258 g/mol. The Kier molecular flexibility index (Phi) is 4.41. The number of nitrogens with zero attached hydrogens (tertiary/aromatic N) is 1. The van der Waals surface area contributed by atoms with Crippen LogP contribution < -0.4 is 10.2 Å². The summed E-state index contributed by atoms with van der Waals surface area (Å²) in [6, 6.07) is 11.6. The maximum absolute atomic E-state index is 7.73. The van der Waals surface area contributed by atoms with Gasteiger partial charge in [0.05, 0.1) is 13.4 Å². The molecule has 0 bridgehead atoms. The summed E-state index contributed by atoms with van der Waals surface area (Å²) in [6.45, 7) is 0. The molecule has 5 heteroatoms. The Labute approximate surface area is 116 Å². The van der Waals surface area contributed by atoms with Crippen LogP contribution in [0.2, 0.25) is 0 Å². The van der Waals surface area contributed by atoms with Crippen LogP contribution >= 0.6 is 11.8 Å². The van der Waals surface area contributed by atoms with Gasteiger partial charge in [-0.3, -0.25) is 15.4 Å². The fourth-order valence-electron chi connectivity index (χ4n) is 1.58. The highest BCUT2D eigenvalue weighted by atomic mass is 32.2. The number of nitrogens with one attached hydrogen (secondary N) is 2. The number of pyridine rings is 1. The standard InChI is InChI=1S/C14H15N3OS/c1-18-12-4-2-11(3-5-12)9-19-13-6-7-17(10-15)14(16)8-13/h2-8,10,15-16H,9H2,1H3. The van der Waals surface area contributed by atoms with Gasteiger partial charge in [0.15, 0.2) is 0 Å². The van der Waals surface area contributed by atoms with E-state index in [0.717, 1.165) is 22.7 Å². The van der Waals surface area contributed by atoms with Gasteiger partial charge in [0, 0.05) is 16.8 Å². The fourth-order valence-corrected chi connectivity index (χ4v) is 2.46. The second-order valence-corrected chi connectivity index (χ2v) is 4.97. The molecule has 0 saturated heterocycles. The summed E-state index contributed by atoms with van der Waals surface area (Å²) in [5.41, 5.74) is 1.52. The Morgan fingerprint density at radius 2 is 2.00 bits per heavy atom. The van der Waals surface area contributed by atoms with Gasteiger partial charge in [-0.05, 0) is 29.8 Å². The molecular formula is C14H15N3OS. The highest BCUT2D eigenvalue weighted by Gasteiger charge is 1.98. The molecule has 1 aromatic carbocycles. The van der Waals surface area contributed by atoms with Crippen LogP contribution in [-0.4, -0.2) is 18.0 Å². The summed E-state index contributed by atoms with van der Waals surface area (Å²) in [5, 5.41) is 14.9. The van der Waals surface area contributed by atoms with Crippen molar-refractivity contribution >= 4 is 18.1 Å². The molecule has 1 aromatic heterocycles. The molecule has 19 heavy (non-hydrogen) atoms. The van der Waals surface area contributed by atoms with Crippen molar-refractivity contribution in [2.75, 3.05) is 7.11 Å². The van der Waals surface area contributed by atoms with Crippen LogP contribution in [0.15, 0.2) is 47.5 Å². The van der Waals surface area contributed by atoms with E-state index in [4.69, 9.17) is 15.6 Å². The van der Waals surface area contributed by atoms with E-state index >= 15 is 0 Å². The Hall–Kier alpha value is -2.01. The average molecular weight is 273 g/mol. The van der Waals surface area contributed by atoms with Gasteiger partial charge in [-0.15, -0.1) is 11.8 Å². The highest BCUT2D eigenvalue weighted by Crippen LogP contribution is 2.22. The van der Waals surface area contributed by atoms with E-state index in [1.165, 1.54) is 10.1 Å². The van der Waals surface area contributed by atoms with E-state index in [0.29, 0.717) is 5.49 Å². The third-order valence-electron chi connectivity index (χ3n) is 2.66. The van der Waals surface area contributed by atoms with Crippen LogP contribution in [0.25, 0.3) is 0 Å². The molecule has 2 aromatic rings. The summed E-state index contributed by atoms with van der Waals surface area (Å²) in [6.07, 6.45) is 2.85. The lowest BCUT2D eigenvalue weighted by molar-refractivity contribution is 0.414. The molecule has 1 heterocycles. The Morgan fingerprint density at radius 3 is 2.58 bits per heavy atom. The minimum atomic E-state index is 0.315. The quantitative estimate of drug-likeness (QED) is 0.500. The zero-order valence-electron chi connectivity index (χ0n) is 10.6. The Morgan fingerprint density at radius 1 is 1.26 bits per heavy atom. The number of hydrogen-bond acceptors (Lipinski definition) is 4. The number of hydrogen-bond donors (Lipinski definition) is 2. The first-order valence-corrected chi connectivity index (χ1v) is 6.74. The molecule has 0 fully saturated rings. The van der Waals surface area contributed by atoms with E-state index in [1.807, 2.05) is 30.3 Å². The zero-order chi connectivity index (χ0) is 13.7. The van der Waals surface area contributed by atoms with Crippen LogP contribution in [0.5, 0.6) is 5.75 Å². The van der Waals surface area contributed by atoms with Crippen LogP contribution in [0.1, 0.15) is 5.56 Å². The van der Waals surface area contributed by atoms with Crippen molar-refractivity contribution in [1.29, 1.82) is 10.8 Å². The first-order valence-electron chi connectivity index (χ1n) is 5.76. The molecule has 0 amide bonds. The zero-order valence-corrected chi connectivity index (χ0v) is 11.4. The summed E-state index contributed by atoms with van der Waals surface area (Å²) >= 11 is 1.67. The Balaban J connectivity index is 2.03. The molecule has 0 spiro atoms. The van der Waals surface area contributed by atoms with Gasteiger partial charge >= 0.3 is 0 Å². The second-order valence-electron chi connectivity index (χ2n) is 3.92. The largest absolute Gasteiger partial charge is 0.497 e. The summed E-state index contributed by atoms with van der Waals surface area (Å²) in [7, 11) is 1.65. The van der Waals surface area contributed by atoms with E-state index in [1.54, 1.807) is 31.1 Å². The third-order valence-corrected chi connectivity index (χ3v) is 3.73. The first kappa shape index (κ1) is 13.4. The SMILES string of the molecule is COc1ccc(CSc2ccn(C=N)c(=N)c2)cc1. The molecule has 0 aliphatic carbocycles. The normalized spacial score (nSPS) is 10.2.